The van der Waals surface area contributed by atoms with Gasteiger partial charge in [0.05, 0.1) is 11.4 Å². The maximum atomic E-state index is 4.70. The first-order valence-corrected chi connectivity index (χ1v) is 8.39. The van der Waals surface area contributed by atoms with Gasteiger partial charge in [0.2, 0.25) is 0 Å². The number of fused-ring (bicyclic) bond motifs is 5. The normalized spacial score (nSPS) is 34.6. The zero-order valence-corrected chi connectivity index (χ0v) is 13.1. The average molecular weight is 270 g/mol. The Balaban J connectivity index is 1.68. The second kappa shape index (κ2) is 4.05. The molecule has 2 nitrogen and oxygen atoms in total. The zero-order chi connectivity index (χ0) is 14.0. The molecule has 0 aliphatic heterocycles. The van der Waals surface area contributed by atoms with E-state index >= 15 is 0 Å². The van der Waals surface area contributed by atoms with Crippen LogP contribution in [0.1, 0.15) is 82.2 Å². The minimum absolute atomic E-state index is 0.256. The molecule has 1 heterocycles. The fourth-order valence-electron chi connectivity index (χ4n) is 5.22. The van der Waals surface area contributed by atoms with Crippen molar-refractivity contribution in [1.82, 2.24) is 10.2 Å². The molecule has 0 unspecified atom stereocenters. The summed E-state index contributed by atoms with van der Waals surface area (Å²) in [5, 5.41) is 9.29. The molecule has 0 spiro atoms. The Bertz CT molecular complexity index is 542. The van der Waals surface area contributed by atoms with Gasteiger partial charge in [0.1, 0.15) is 0 Å². The molecule has 1 aromatic rings. The van der Waals surface area contributed by atoms with Gasteiger partial charge in [-0.15, -0.1) is 0 Å². The summed E-state index contributed by atoms with van der Waals surface area (Å²) in [5.74, 6) is 1.57. The van der Waals surface area contributed by atoms with Crippen molar-refractivity contribution in [3.8, 4) is 0 Å². The Morgan fingerprint density at radius 2 is 1.85 bits per heavy atom. The van der Waals surface area contributed by atoms with Gasteiger partial charge < -0.3 is 0 Å². The third kappa shape index (κ3) is 1.51. The second-order valence-corrected chi connectivity index (χ2v) is 8.14. The summed E-state index contributed by atoms with van der Waals surface area (Å²) in [6.45, 7) is 7.27. The van der Waals surface area contributed by atoms with Crippen LogP contribution in [0.25, 0.3) is 0 Å². The Kier molecular flexibility index (Phi) is 2.59. The number of hydrogen-bond acceptors (Lipinski definition) is 2. The maximum Gasteiger partial charge on any atom is 0.0730 e. The van der Waals surface area contributed by atoms with Crippen LogP contribution in [-0.4, -0.2) is 10.2 Å². The molecule has 2 fully saturated rings. The van der Waals surface area contributed by atoms with Gasteiger partial charge in [-0.2, -0.15) is 10.2 Å². The molecule has 2 atom stereocenters. The number of aromatic nitrogens is 2. The van der Waals surface area contributed by atoms with Gasteiger partial charge in [-0.05, 0) is 48.1 Å². The minimum atomic E-state index is 0.256. The minimum Gasteiger partial charge on any atom is -0.155 e. The van der Waals surface area contributed by atoms with Gasteiger partial charge in [0, 0.05) is 5.41 Å². The van der Waals surface area contributed by atoms with Crippen LogP contribution in [0.4, 0.5) is 0 Å². The van der Waals surface area contributed by atoms with Crippen LogP contribution in [0.2, 0.25) is 0 Å². The van der Waals surface area contributed by atoms with Crippen molar-refractivity contribution >= 4 is 0 Å². The molecule has 2 bridgehead atoms. The Labute approximate surface area is 122 Å². The molecular formula is C18H26N2. The number of nitrogens with zero attached hydrogens (tertiary/aromatic N) is 2. The van der Waals surface area contributed by atoms with Crippen molar-refractivity contribution in [2.45, 2.75) is 77.0 Å². The zero-order valence-electron chi connectivity index (χ0n) is 13.1. The Hall–Kier alpha value is -0.920. The fraction of sp³-hybridized carbons (Fsp3) is 0.778. The van der Waals surface area contributed by atoms with Crippen LogP contribution < -0.4 is 0 Å². The van der Waals surface area contributed by atoms with Crippen molar-refractivity contribution < 1.29 is 0 Å². The smallest absolute Gasteiger partial charge is 0.0730 e. The molecule has 3 aliphatic rings. The van der Waals surface area contributed by atoms with Crippen molar-refractivity contribution in [3.63, 3.8) is 0 Å². The third-order valence-electron chi connectivity index (χ3n) is 6.97. The molecule has 1 aromatic heterocycles. The lowest BCUT2D eigenvalue weighted by Gasteiger charge is -2.33. The van der Waals surface area contributed by atoms with Crippen LogP contribution in [0.15, 0.2) is 6.07 Å². The van der Waals surface area contributed by atoms with Gasteiger partial charge >= 0.3 is 0 Å². The fourth-order valence-corrected chi connectivity index (χ4v) is 5.22. The molecule has 0 aromatic carbocycles. The van der Waals surface area contributed by atoms with E-state index in [1.165, 1.54) is 55.5 Å². The van der Waals surface area contributed by atoms with E-state index in [0.29, 0.717) is 11.3 Å². The Morgan fingerprint density at radius 3 is 2.60 bits per heavy atom. The first-order chi connectivity index (χ1) is 9.52. The lowest BCUT2D eigenvalue weighted by Crippen LogP contribution is -2.32. The van der Waals surface area contributed by atoms with E-state index in [1.807, 2.05) is 0 Å². The van der Waals surface area contributed by atoms with Crippen LogP contribution in [0, 0.1) is 11.3 Å². The van der Waals surface area contributed by atoms with Gasteiger partial charge in [0.25, 0.3) is 0 Å². The summed E-state index contributed by atoms with van der Waals surface area (Å²) in [5.41, 5.74) is 4.71. The molecule has 4 rings (SSSR count). The highest BCUT2D eigenvalue weighted by Gasteiger charge is 2.60. The van der Waals surface area contributed by atoms with Crippen LogP contribution >= 0.6 is 0 Å². The molecule has 3 aliphatic carbocycles. The first kappa shape index (κ1) is 12.8. The summed E-state index contributed by atoms with van der Waals surface area (Å²) in [6.07, 6.45) is 9.40. The topological polar surface area (TPSA) is 25.8 Å². The van der Waals surface area contributed by atoms with Gasteiger partial charge in [0.15, 0.2) is 0 Å². The number of hydrogen-bond donors (Lipinski definition) is 0. The number of rotatable bonds is 2. The lowest BCUT2D eigenvalue weighted by atomic mass is 9.70. The highest BCUT2D eigenvalue weighted by Crippen LogP contribution is 2.66. The molecule has 0 N–H and O–H groups in total. The van der Waals surface area contributed by atoms with Crippen LogP contribution in [0.5, 0.6) is 0 Å². The molecule has 108 valence electrons. The van der Waals surface area contributed by atoms with E-state index in [9.17, 15) is 0 Å². The van der Waals surface area contributed by atoms with Crippen LogP contribution in [-0.2, 0) is 11.8 Å². The van der Waals surface area contributed by atoms with E-state index in [-0.39, 0.29) is 5.41 Å². The van der Waals surface area contributed by atoms with Crippen molar-refractivity contribution in [2.75, 3.05) is 0 Å². The van der Waals surface area contributed by atoms with E-state index in [2.05, 4.69) is 31.9 Å². The quantitative estimate of drug-likeness (QED) is 0.796. The highest BCUT2D eigenvalue weighted by molar-refractivity contribution is 5.45. The van der Waals surface area contributed by atoms with Crippen molar-refractivity contribution in [2.24, 2.45) is 11.3 Å². The van der Waals surface area contributed by atoms with E-state index in [4.69, 9.17) is 5.10 Å². The van der Waals surface area contributed by atoms with E-state index in [0.717, 1.165) is 12.3 Å². The van der Waals surface area contributed by atoms with Crippen molar-refractivity contribution in [3.05, 3.63) is 23.0 Å². The van der Waals surface area contributed by atoms with Gasteiger partial charge in [-0.25, -0.2) is 0 Å². The van der Waals surface area contributed by atoms with Crippen molar-refractivity contribution in [1.29, 1.82) is 0 Å². The third-order valence-corrected chi connectivity index (χ3v) is 6.97. The largest absolute Gasteiger partial charge is 0.155 e. The summed E-state index contributed by atoms with van der Waals surface area (Å²) >= 11 is 0. The van der Waals surface area contributed by atoms with Crippen LogP contribution in [0.3, 0.4) is 0 Å². The first-order valence-electron chi connectivity index (χ1n) is 8.39. The summed E-state index contributed by atoms with van der Waals surface area (Å²) < 4.78 is 0. The average Bonchev–Trinajstić information content (AvgIpc) is 3.02. The standard InChI is InChI=1S/C18H26N2/c1-17(2)15-8-9-18(17,3)16-14(15)11-13(19-20-16)10-12-6-4-5-7-12/h11-12,15H,4-10H2,1-3H3/t15-,18+/m0/s1. The predicted molar refractivity (Wildman–Crippen MR) is 80.8 cm³/mol. The van der Waals surface area contributed by atoms with Gasteiger partial charge in [-0.1, -0.05) is 46.5 Å². The monoisotopic (exact) mass is 270 g/mol. The van der Waals surface area contributed by atoms with Gasteiger partial charge in [-0.3, -0.25) is 0 Å². The predicted octanol–water partition coefficient (Wildman–Crippen LogP) is 4.38. The molecular weight excluding hydrogens is 244 g/mol. The second-order valence-electron chi connectivity index (χ2n) is 8.14. The SMILES string of the molecule is CC1(C)[C@H]2CC[C@]1(C)c1nnc(CC3CCCC3)cc12. The Morgan fingerprint density at radius 1 is 1.10 bits per heavy atom. The van der Waals surface area contributed by atoms with E-state index in [1.54, 1.807) is 0 Å². The van der Waals surface area contributed by atoms with E-state index < -0.39 is 0 Å². The molecule has 0 amide bonds. The highest BCUT2D eigenvalue weighted by atomic mass is 15.1. The maximum absolute atomic E-state index is 4.70. The molecule has 20 heavy (non-hydrogen) atoms. The lowest BCUT2D eigenvalue weighted by molar-refractivity contribution is 0.226. The summed E-state index contributed by atoms with van der Waals surface area (Å²) in [7, 11) is 0. The molecule has 2 heteroatoms. The summed E-state index contributed by atoms with van der Waals surface area (Å²) in [4.78, 5) is 0. The molecule has 0 saturated heterocycles. The molecule has 2 saturated carbocycles. The summed E-state index contributed by atoms with van der Waals surface area (Å²) in [6, 6.07) is 2.41. The molecule has 0 radical (unpaired) electrons.